The van der Waals surface area contributed by atoms with E-state index in [1.54, 1.807) is 6.92 Å². The van der Waals surface area contributed by atoms with Crippen LogP contribution in [0.2, 0.25) is 0 Å². The van der Waals surface area contributed by atoms with E-state index in [2.05, 4.69) is 4.72 Å². The lowest BCUT2D eigenvalue weighted by atomic mass is 10.0. The molecule has 1 aromatic rings. The molecule has 0 fully saturated rings. The number of carbonyl (C=O) groups is 1. The number of aliphatic hydroxyl groups is 1. The van der Waals surface area contributed by atoms with Gasteiger partial charge in [0.15, 0.2) is 0 Å². The van der Waals surface area contributed by atoms with Gasteiger partial charge in [-0.1, -0.05) is 6.92 Å². The van der Waals surface area contributed by atoms with E-state index in [1.165, 1.54) is 13.0 Å². The lowest BCUT2D eigenvalue weighted by Gasteiger charge is -2.27. The first-order chi connectivity index (χ1) is 9.15. The fraction of sp³-hybridized carbons (Fsp3) is 0.417. The molecule has 1 aromatic carbocycles. The predicted molar refractivity (Wildman–Crippen MR) is 73.9 cm³/mol. The standard InChI is InChI=1S/C12H18N2O5S/c1-3-12(2,7-15)14-20(18,19)10-6-8(13)4-5-9(10)11(16)17/h4-6,14-15H,3,7,13H2,1-2H3,(H,16,17). The highest BCUT2D eigenvalue weighted by Gasteiger charge is 2.31. The van der Waals surface area contributed by atoms with E-state index in [-0.39, 0.29) is 11.3 Å². The number of nitrogens with one attached hydrogen (secondary N) is 1. The van der Waals surface area contributed by atoms with Crippen LogP contribution in [0.25, 0.3) is 0 Å². The number of hydrogen-bond donors (Lipinski definition) is 4. The summed E-state index contributed by atoms with van der Waals surface area (Å²) in [6.45, 7) is 2.82. The van der Waals surface area contributed by atoms with Gasteiger partial charge >= 0.3 is 5.97 Å². The van der Waals surface area contributed by atoms with Gasteiger partial charge in [-0.3, -0.25) is 0 Å². The van der Waals surface area contributed by atoms with E-state index < -0.39 is 33.0 Å². The Morgan fingerprint density at radius 3 is 2.50 bits per heavy atom. The maximum absolute atomic E-state index is 12.3. The van der Waals surface area contributed by atoms with Crippen molar-refractivity contribution in [2.45, 2.75) is 30.7 Å². The molecular weight excluding hydrogens is 284 g/mol. The molecule has 112 valence electrons. The third-order valence-corrected chi connectivity index (χ3v) is 4.71. The average molecular weight is 302 g/mol. The molecule has 0 spiro atoms. The first-order valence-corrected chi connectivity index (χ1v) is 7.41. The maximum Gasteiger partial charge on any atom is 0.337 e. The van der Waals surface area contributed by atoms with Crippen molar-refractivity contribution in [1.29, 1.82) is 0 Å². The molecule has 0 amide bonds. The SMILES string of the molecule is CCC(C)(CO)NS(=O)(=O)c1cc(N)ccc1C(=O)O. The lowest BCUT2D eigenvalue weighted by molar-refractivity contribution is 0.0692. The molecule has 0 aliphatic rings. The minimum Gasteiger partial charge on any atom is -0.478 e. The van der Waals surface area contributed by atoms with Crippen molar-refractivity contribution in [2.24, 2.45) is 0 Å². The Balaban J connectivity index is 3.35. The van der Waals surface area contributed by atoms with Gasteiger partial charge in [-0.05, 0) is 31.5 Å². The Morgan fingerprint density at radius 2 is 2.05 bits per heavy atom. The number of aliphatic hydroxyl groups excluding tert-OH is 1. The molecule has 7 nitrogen and oxygen atoms in total. The molecule has 0 heterocycles. The van der Waals surface area contributed by atoms with Gasteiger partial charge < -0.3 is 15.9 Å². The van der Waals surface area contributed by atoms with Gasteiger partial charge in [0.25, 0.3) is 0 Å². The minimum atomic E-state index is -4.11. The molecule has 0 aliphatic heterocycles. The summed E-state index contributed by atoms with van der Waals surface area (Å²) in [5.74, 6) is -1.37. The largest absolute Gasteiger partial charge is 0.478 e. The summed E-state index contributed by atoms with van der Waals surface area (Å²) in [6.07, 6.45) is 0.341. The smallest absolute Gasteiger partial charge is 0.337 e. The number of aromatic carboxylic acids is 1. The van der Waals surface area contributed by atoms with Gasteiger partial charge in [0.05, 0.1) is 22.6 Å². The lowest BCUT2D eigenvalue weighted by Crippen LogP contribution is -2.48. The zero-order chi connectivity index (χ0) is 15.6. The summed E-state index contributed by atoms with van der Waals surface area (Å²) >= 11 is 0. The maximum atomic E-state index is 12.3. The Kier molecular flexibility index (Phi) is 4.74. The minimum absolute atomic E-state index is 0.137. The second-order valence-corrected chi connectivity index (χ2v) is 6.39. The van der Waals surface area contributed by atoms with Crippen molar-refractivity contribution in [3.05, 3.63) is 23.8 Å². The molecule has 1 atom stereocenters. The van der Waals surface area contributed by atoms with Gasteiger partial charge in [0.2, 0.25) is 10.0 Å². The second-order valence-electron chi connectivity index (χ2n) is 4.74. The van der Waals surface area contributed by atoms with Gasteiger partial charge in [0.1, 0.15) is 0 Å². The van der Waals surface area contributed by atoms with E-state index >= 15 is 0 Å². The second kappa shape index (κ2) is 5.78. The fourth-order valence-electron chi connectivity index (χ4n) is 1.53. The third kappa shape index (κ3) is 3.47. The molecule has 5 N–H and O–H groups in total. The molecule has 0 aliphatic carbocycles. The van der Waals surface area contributed by atoms with Crippen molar-refractivity contribution in [1.82, 2.24) is 4.72 Å². The number of carboxylic acid groups (broad SMARTS) is 1. The number of benzene rings is 1. The third-order valence-electron chi connectivity index (χ3n) is 3.04. The molecular formula is C12H18N2O5S. The van der Waals surface area contributed by atoms with E-state index in [1.807, 2.05) is 0 Å². The monoisotopic (exact) mass is 302 g/mol. The van der Waals surface area contributed by atoms with Gasteiger partial charge in [-0.25, -0.2) is 17.9 Å². The summed E-state index contributed by atoms with van der Waals surface area (Å²) < 4.78 is 26.9. The Hall–Kier alpha value is -1.64. The van der Waals surface area contributed by atoms with Gasteiger partial charge in [-0.2, -0.15) is 0 Å². The molecule has 20 heavy (non-hydrogen) atoms. The van der Waals surface area contributed by atoms with Gasteiger partial charge in [0, 0.05) is 5.69 Å². The van der Waals surface area contributed by atoms with Crippen LogP contribution in [0.4, 0.5) is 5.69 Å². The Labute approximate surface area is 117 Å². The van der Waals surface area contributed by atoms with Crippen LogP contribution in [0.5, 0.6) is 0 Å². The summed E-state index contributed by atoms with van der Waals surface area (Å²) in [7, 11) is -4.11. The molecule has 1 rings (SSSR count). The van der Waals surface area contributed by atoms with E-state index in [0.717, 1.165) is 12.1 Å². The zero-order valence-corrected chi connectivity index (χ0v) is 12.1. The van der Waals surface area contributed by atoms with E-state index in [4.69, 9.17) is 10.8 Å². The van der Waals surface area contributed by atoms with Crippen LogP contribution in [-0.4, -0.2) is 36.7 Å². The highest BCUT2D eigenvalue weighted by molar-refractivity contribution is 7.89. The molecule has 8 heteroatoms. The van der Waals surface area contributed by atoms with Crippen LogP contribution in [0, 0.1) is 0 Å². The number of anilines is 1. The predicted octanol–water partition coefficient (Wildman–Crippen LogP) is 0.406. The van der Waals surface area contributed by atoms with Crippen molar-refractivity contribution in [3.8, 4) is 0 Å². The molecule has 0 saturated heterocycles. The van der Waals surface area contributed by atoms with Crippen LogP contribution < -0.4 is 10.5 Å². The Morgan fingerprint density at radius 1 is 1.45 bits per heavy atom. The summed E-state index contributed by atoms with van der Waals surface area (Å²) in [6, 6.07) is 3.53. The first-order valence-electron chi connectivity index (χ1n) is 5.93. The number of nitrogens with two attached hydrogens (primary N) is 1. The average Bonchev–Trinajstić information content (AvgIpc) is 2.37. The molecule has 1 unspecified atom stereocenters. The fourth-order valence-corrected chi connectivity index (χ4v) is 3.24. The van der Waals surface area contributed by atoms with E-state index in [0.29, 0.717) is 6.42 Å². The highest BCUT2D eigenvalue weighted by atomic mass is 32.2. The highest BCUT2D eigenvalue weighted by Crippen LogP contribution is 2.22. The summed E-state index contributed by atoms with van der Waals surface area (Å²) in [4.78, 5) is 10.7. The zero-order valence-electron chi connectivity index (χ0n) is 11.3. The summed E-state index contributed by atoms with van der Waals surface area (Å²) in [5.41, 5.74) is 4.21. The van der Waals surface area contributed by atoms with Crippen molar-refractivity contribution >= 4 is 21.7 Å². The summed E-state index contributed by atoms with van der Waals surface area (Å²) in [5, 5.41) is 18.3. The number of hydrogen-bond acceptors (Lipinski definition) is 5. The van der Waals surface area contributed by atoms with Crippen LogP contribution in [0.1, 0.15) is 30.6 Å². The van der Waals surface area contributed by atoms with Crippen molar-refractivity contribution in [2.75, 3.05) is 12.3 Å². The van der Waals surface area contributed by atoms with E-state index in [9.17, 15) is 18.3 Å². The number of nitrogen functional groups attached to an aromatic ring is 1. The first kappa shape index (κ1) is 16.4. The quantitative estimate of drug-likeness (QED) is 0.563. The van der Waals surface area contributed by atoms with Gasteiger partial charge in [-0.15, -0.1) is 0 Å². The van der Waals surface area contributed by atoms with Crippen molar-refractivity contribution in [3.63, 3.8) is 0 Å². The normalized spacial score (nSPS) is 14.8. The number of carboxylic acids is 1. The molecule has 0 radical (unpaired) electrons. The van der Waals surface area contributed by atoms with Crippen molar-refractivity contribution < 1.29 is 23.4 Å². The number of sulfonamides is 1. The molecule has 0 aromatic heterocycles. The Bertz CT molecular complexity index is 608. The van der Waals surface area contributed by atoms with Crippen LogP contribution >= 0.6 is 0 Å². The van der Waals surface area contributed by atoms with Crippen LogP contribution in [0.3, 0.4) is 0 Å². The topological polar surface area (TPSA) is 130 Å². The molecule has 0 bridgehead atoms. The van der Waals surface area contributed by atoms with Crippen LogP contribution in [0.15, 0.2) is 23.1 Å². The molecule has 0 saturated carbocycles. The van der Waals surface area contributed by atoms with Crippen LogP contribution in [-0.2, 0) is 10.0 Å². The number of rotatable bonds is 6.